The molecular formula is C15H12O4S. The zero-order valence-corrected chi connectivity index (χ0v) is 11.5. The fourth-order valence-electron chi connectivity index (χ4n) is 1.74. The Bertz CT molecular complexity index is 680. The Kier molecular flexibility index (Phi) is 4.00. The summed E-state index contributed by atoms with van der Waals surface area (Å²) in [6.45, 7) is 1.75. The predicted molar refractivity (Wildman–Crippen MR) is 78.0 cm³/mol. The van der Waals surface area contributed by atoms with Crippen LogP contribution in [-0.2, 0) is 4.79 Å². The average Bonchev–Trinajstić information content (AvgIpc) is 2.87. The maximum Gasteiger partial charge on any atom is 0.335 e. The molecule has 0 saturated heterocycles. The number of carboxylic acids is 2. The van der Waals surface area contributed by atoms with Gasteiger partial charge in [0.05, 0.1) is 5.56 Å². The minimum absolute atomic E-state index is 0.243. The number of thiophene rings is 1. The summed E-state index contributed by atoms with van der Waals surface area (Å²) >= 11 is 1.47. The highest BCUT2D eigenvalue weighted by Gasteiger charge is 2.07. The van der Waals surface area contributed by atoms with Crippen LogP contribution in [0.5, 0.6) is 0 Å². The third-order valence-corrected chi connectivity index (χ3v) is 4.02. The van der Waals surface area contributed by atoms with Gasteiger partial charge in [-0.05, 0) is 42.3 Å². The van der Waals surface area contributed by atoms with Gasteiger partial charge < -0.3 is 10.2 Å². The monoisotopic (exact) mass is 288 g/mol. The summed E-state index contributed by atoms with van der Waals surface area (Å²) in [7, 11) is 0. The molecule has 0 bridgehead atoms. The second-order valence-electron chi connectivity index (χ2n) is 4.21. The van der Waals surface area contributed by atoms with Crippen LogP contribution in [0.15, 0.2) is 42.5 Å². The molecule has 0 aliphatic rings. The largest absolute Gasteiger partial charge is 0.478 e. The summed E-state index contributed by atoms with van der Waals surface area (Å²) in [5.41, 5.74) is 1.85. The second-order valence-corrected chi connectivity index (χ2v) is 5.30. The average molecular weight is 288 g/mol. The molecule has 0 amide bonds. The SMILES string of the molecule is C/C(=C\C(=O)O)c1ccc(-c2ccc(C(=O)O)cc2)s1. The van der Waals surface area contributed by atoms with E-state index in [0.29, 0.717) is 5.57 Å². The molecule has 0 aliphatic carbocycles. The van der Waals surface area contributed by atoms with Gasteiger partial charge in [0.25, 0.3) is 0 Å². The zero-order valence-electron chi connectivity index (χ0n) is 10.7. The Hall–Kier alpha value is -2.40. The summed E-state index contributed by atoms with van der Waals surface area (Å²) in [6.07, 6.45) is 1.17. The molecule has 0 saturated carbocycles. The molecule has 2 rings (SSSR count). The van der Waals surface area contributed by atoms with E-state index in [9.17, 15) is 9.59 Å². The fourth-order valence-corrected chi connectivity index (χ4v) is 2.72. The van der Waals surface area contributed by atoms with Gasteiger partial charge in [0, 0.05) is 15.8 Å². The van der Waals surface area contributed by atoms with Crippen molar-refractivity contribution >= 4 is 28.8 Å². The number of aliphatic carboxylic acids is 1. The van der Waals surface area contributed by atoms with Gasteiger partial charge in [-0.2, -0.15) is 0 Å². The highest BCUT2D eigenvalue weighted by Crippen LogP contribution is 2.31. The fraction of sp³-hybridized carbons (Fsp3) is 0.0667. The molecule has 4 nitrogen and oxygen atoms in total. The number of hydrogen-bond acceptors (Lipinski definition) is 3. The number of carbonyl (C=O) groups is 2. The van der Waals surface area contributed by atoms with Crippen molar-refractivity contribution in [2.45, 2.75) is 6.92 Å². The van der Waals surface area contributed by atoms with Gasteiger partial charge >= 0.3 is 11.9 Å². The van der Waals surface area contributed by atoms with Crippen LogP contribution in [0, 0.1) is 0 Å². The summed E-state index contributed by atoms with van der Waals surface area (Å²) in [6, 6.07) is 10.4. The maximum atomic E-state index is 10.8. The topological polar surface area (TPSA) is 74.6 Å². The lowest BCUT2D eigenvalue weighted by Crippen LogP contribution is -1.94. The first-order valence-corrected chi connectivity index (χ1v) is 6.64. The molecule has 0 unspecified atom stereocenters. The van der Waals surface area contributed by atoms with Crippen LogP contribution in [0.4, 0.5) is 0 Å². The van der Waals surface area contributed by atoms with E-state index in [4.69, 9.17) is 10.2 Å². The Morgan fingerprint density at radius 2 is 1.70 bits per heavy atom. The lowest BCUT2D eigenvalue weighted by Gasteiger charge is -1.99. The molecule has 0 atom stereocenters. The van der Waals surface area contributed by atoms with E-state index in [1.807, 2.05) is 12.1 Å². The van der Waals surface area contributed by atoms with Crippen molar-refractivity contribution in [3.63, 3.8) is 0 Å². The number of benzene rings is 1. The molecule has 5 heteroatoms. The van der Waals surface area contributed by atoms with Gasteiger partial charge in [0.15, 0.2) is 0 Å². The molecule has 0 fully saturated rings. The normalized spacial score (nSPS) is 11.3. The first-order valence-electron chi connectivity index (χ1n) is 5.82. The van der Waals surface area contributed by atoms with Gasteiger partial charge in [-0.1, -0.05) is 12.1 Å². The zero-order chi connectivity index (χ0) is 14.7. The van der Waals surface area contributed by atoms with Crippen LogP contribution < -0.4 is 0 Å². The first kappa shape index (κ1) is 14.0. The van der Waals surface area contributed by atoms with Gasteiger partial charge in [-0.15, -0.1) is 11.3 Å². The Morgan fingerprint density at radius 1 is 1.05 bits per heavy atom. The number of allylic oxidation sites excluding steroid dienone is 1. The molecule has 2 aromatic rings. The highest BCUT2D eigenvalue weighted by molar-refractivity contribution is 7.16. The summed E-state index contributed by atoms with van der Waals surface area (Å²) in [5.74, 6) is -1.92. The van der Waals surface area contributed by atoms with Crippen LogP contribution in [0.1, 0.15) is 22.2 Å². The molecule has 0 spiro atoms. The Balaban J connectivity index is 2.29. The van der Waals surface area contributed by atoms with Crippen molar-refractivity contribution in [1.82, 2.24) is 0 Å². The van der Waals surface area contributed by atoms with E-state index in [1.54, 1.807) is 31.2 Å². The number of carboxylic acid groups (broad SMARTS) is 2. The quantitative estimate of drug-likeness (QED) is 0.843. The number of hydrogen-bond donors (Lipinski definition) is 2. The highest BCUT2D eigenvalue weighted by atomic mass is 32.1. The summed E-state index contributed by atoms with van der Waals surface area (Å²) in [5, 5.41) is 17.6. The van der Waals surface area contributed by atoms with E-state index in [-0.39, 0.29) is 5.56 Å². The van der Waals surface area contributed by atoms with E-state index in [1.165, 1.54) is 17.4 Å². The van der Waals surface area contributed by atoms with Crippen molar-refractivity contribution in [3.05, 3.63) is 52.9 Å². The van der Waals surface area contributed by atoms with E-state index >= 15 is 0 Å². The van der Waals surface area contributed by atoms with Crippen LogP contribution in [0.25, 0.3) is 16.0 Å². The third-order valence-electron chi connectivity index (χ3n) is 2.75. The molecular weight excluding hydrogens is 276 g/mol. The van der Waals surface area contributed by atoms with E-state index in [0.717, 1.165) is 15.3 Å². The van der Waals surface area contributed by atoms with Crippen LogP contribution in [0.2, 0.25) is 0 Å². The van der Waals surface area contributed by atoms with Crippen LogP contribution >= 0.6 is 11.3 Å². The summed E-state index contributed by atoms with van der Waals surface area (Å²) in [4.78, 5) is 23.3. The molecule has 0 aliphatic heterocycles. The standard InChI is InChI=1S/C15H12O4S/c1-9(8-14(16)17)12-6-7-13(20-12)10-2-4-11(5-3-10)15(18)19/h2-8H,1H3,(H,16,17)(H,18,19)/b9-8+. The number of aromatic carboxylic acids is 1. The van der Waals surface area contributed by atoms with Crippen molar-refractivity contribution in [1.29, 1.82) is 0 Å². The second kappa shape index (κ2) is 5.71. The van der Waals surface area contributed by atoms with E-state index in [2.05, 4.69) is 0 Å². The van der Waals surface area contributed by atoms with E-state index < -0.39 is 11.9 Å². The Morgan fingerprint density at radius 3 is 2.25 bits per heavy atom. The van der Waals surface area contributed by atoms with Crippen molar-refractivity contribution in [3.8, 4) is 10.4 Å². The molecule has 102 valence electrons. The third kappa shape index (κ3) is 3.13. The Labute approximate surface area is 119 Å². The van der Waals surface area contributed by atoms with Crippen molar-refractivity contribution < 1.29 is 19.8 Å². The molecule has 1 aromatic heterocycles. The van der Waals surface area contributed by atoms with Gasteiger partial charge in [-0.3, -0.25) is 0 Å². The summed E-state index contributed by atoms with van der Waals surface area (Å²) < 4.78 is 0. The van der Waals surface area contributed by atoms with Gasteiger partial charge in [0.1, 0.15) is 0 Å². The smallest absolute Gasteiger partial charge is 0.335 e. The van der Waals surface area contributed by atoms with Gasteiger partial charge in [-0.25, -0.2) is 9.59 Å². The first-order chi connectivity index (χ1) is 9.47. The molecule has 20 heavy (non-hydrogen) atoms. The minimum Gasteiger partial charge on any atom is -0.478 e. The van der Waals surface area contributed by atoms with Crippen LogP contribution in [0.3, 0.4) is 0 Å². The maximum absolute atomic E-state index is 10.8. The molecule has 1 aromatic carbocycles. The van der Waals surface area contributed by atoms with Crippen molar-refractivity contribution in [2.24, 2.45) is 0 Å². The van der Waals surface area contributed by atoms with Crippen LogP contribution in [-0.4, -0.2) is 22.2 Å². The van der Waals surface area contributed by atoms with Gasteiger partial charge in [0.2, 0.25) is 0 Å². The predicted octanol–water partition coefficient (Wildman–Crippen LogP) is 3.60. The van der Waals surface area contributed by atoms with Crippen molar-refractivity contribution in [2.75, 3.05) is 0 Å². The molecule has 1 heterocycles. The molecule has 2 N–H and O–H groups in total. The lowest BCUT2D eigenvalue weighted by molar-refractivity contribution is -0.131. The number of rotatable bonds is 4. The minimum atomic E-state index is -0.969. The lowest BCUT2D eigenvalue weighted by atomic mass is 10.1. The molecule has 0 radical (unpaired) electrons.